The van der Waals surface area contributed by atoms with Crippen molar-refractivity contribution < 1.29 is 19.0 Å². The smallest absolute Gasteiger partial charge is 0.275 e. The van der Waals surface area contributed by atoms with Crippen LogP contribution in [-0.2, 0) is 17.7 Å². The van der Waals surface area contributed by atoms with Crippen LogP contribution in [0.25, 0.3) is 0 Å². The van der Waals surface area contributed by atoms with Crippen LogP contribution in [0, 0.1) is 0 Å². The summed E-state index contributed by atoms with van der Waals surface area (Å²) in [6.07, 6.45) is 0.672. The van der Waals surface area contributed by atoms with Crippen molar-refractivity contribution in [2.45, 2.75) is 39.0 Å². The fourth-order valence-corrected chi connectivity index (χ4v) is 3.73. The number of aromatic nitrogens is 2. The Balaban J connectivity index is 1.63. The second kappa shape index (κ2) is 6.64. The summed E-state index contributed by atoms with van der Waals surface area (Å²) < 4.78 is 17.0. The highest BCUT2D eigenvalue weighted by Crippen LogP contribution is 2.34. The standard InChI is InChI=1S/C19H23N3O4/c1-11-9-14-16(12(2)26-11)20-21-17(14)19(23)22-7-8-25-18-13(10-22)5-4-6-15(18)24-3/h4-6,11-12H,7-10H2,1-3H3,(H,20,21)/t11-,12+/m0/s1. The highest BCUT2D eigenvalue weighted by molar-refractivity contribution is 5.94. The number of fused-ring (bicyclic) bond motifs is 2. The van der Waals surface area contributed by atoms with Gasteiger partial charge in [-0.1, -0.05) is 12.1 Å². The monoisotopic (exact) mass is 357 g/mol. The number of amides is 1. The molecule has 138 valence electrons. The first kappa shape index (κ1) is 16.9. The number of hydrogen-bond acceptors (Lipinski definition) is 5. The second-order valence-corrected chi connectivity index (χ2v) is 6.78. The van der Waals surface area contributed by atoms with Crippen molar-refractivity contribution in [1.82, 2.24) is 15.1 Å². The van der Waals surface area contributed by atoms with Crippen molar-refractivity contribution in [2.24, 2.45) is 0 Å². The van der Waals surface area contributed by atoms with E-state index in [1.807, 2.05) is 32.0 Å². The number of benzene rings is 1. The summed E-state index contributed by atoms with van der Waals surface area (Å²) in [7, 11) is 1.62. The molecule has 1 aromatic carbocycles. The van der Waals surface area contributed by atoms with Gasteiger partial charge in [-0.25, -0.2) is 0 Å². The van der Waals surface area contributed by atoms with E-state index in [0.29, 0.717) is 43.3 Å². The number of methoxy groups -OCH3 is 1. The van der Waals surface area contributed by atoms with Crippen LogP contribution in [-0.4, -0.2) is 47.4 Å². The second-order valence-electron chi connectivity index (χ2n) is 6.78. The van der Waals surface area contributed by atoms with Gasteiger partial charge in [-0.2, -0.15) is 5.10 Å². The Kier molecular flexibility index (Phi) is 4.32. The molecule has 2 atom stereocenters. The van der Waals surface area contributed by atoms with Gasteiger partial charge in [0, 0.05) is 24.1 Å². The Hall–Kier alpha value is -2.54. The first-order chi connectivity index (χ1) is 12.6. The van der Waals surface area contributed by atoms with Gasteiger partial charge >= 0.3 is 0 Å². The number of para-hydroxylation sites is 1. The van der Waals surface area contributed by atoms with E-state index in [4.69, 9.17) is 14.2 Å². The lowest BCUT2D eigenvalue weighted by atomic mass is 9.99. The lowest BCUT2D eigenvalue weighted by molar-refractivity contribution is -0.00702. The molecule has 3 heterocycles. The van der Waals surface area contributed by atoms with Gasteiger partial charge < -0.3 is 19.1 Å². The van der Waals surface area contributed by atoms with Crippen LogP contribution in [0.5, 0.6) is 11.5 Å². The Morgan fingerprint density at radius 1 is 1.38 bits per heavy atom. The molecule has 4 rings (SSSR count). The van der Waals surface area contributed by atoms with Gasteiger partial charge in [0.25, 0.3) is 5.91 Å². The molecule has 7 heteroatoms. The number of carbonyl (C=O) groups excluding carboxylic acids is 1. The highest BCUT2D eigenvalue weighted by atomic mass is 16.5. The number of nitrogens with one attached hydrogen (secondary N) is 1. The topological polar surface area (TPSA) is 76.7 Å². The predicted octanol–water partition coefficient (Wildman–Crippen LogP) is 2.48. The zero-order valence-electron chi connectivity index (χ0n) is 15.2. The summed E-state index contributed by atoms with van der Waals surface area (Å²) in [5, 5.41) is 7.31. The fourth-order valence-electron chi connectivity index (χ4n) is 3.73. The third-order valence-corrected chi connectivity index (χ3v) is 4.97. The average molecular weight is 357 g/mol. The molecule has 0 aliphatic carbocycles. The quantitative estimate of drug-likeness (QED) is 0.893. The van der Waals surface area contributed by atoms with Crippen molar-refractivity contribution >= 4 is 5.91 Å². The van der Waals surface area contributed by atoms with E-state index in [1.165, 1.54) is 0 Å². The van der Waals surface area contributed by atoms with Crippen molar-refractivity contribution in [2.75, 3.05) is 20.3 Å². The molecule has 1 N–H and O–H groups in total. The van der Waals surface area contributed by atoms with E-state index >= 15 is 0 Å². The predicted molar refractivity (Wildman–Crippen MR) is 94.5 cm³/mol. The normalized spacial score (nSPS) is 22.0. The van der Waals surface area contributed by atoms with Gasteiger partial charge in [0.15, 0.2) is 17.2 Å². The minimum atomic E-state index is -0.0831. The summed E-state index contributed by atoms with van der Waals surface area (Å²) >= 11 is 0. The third-order valence-electron chi connectivity index (χ3n) is 4.97. The van der Waals surface area contributed by atoms with Gasteiger partial charge in [0.05, 0.1) is 31.6 Å². The van der Waals surface area contributed by atoms with E-state index in [9.17, 15) is 4.79 Å². The summed E-state index contributed by atoms with van der Waals surface area (Å²) in [4.78, 5) is 15.0. The molecule has 2 aliphatic rings. The van der Waals surface area contributed by atoms with E-state index < -0.39 is 0 Å². The third kappa shape index (κ3) is 2.82. The number of carbonyl (C=O) groups is 1. The molecule has 1 amide bonds. The first-order valence-corrected chi connectivity index (χ1v) is 8.89. The maximum Gasteiger partial charge on any atom is 0.275 e. The van der Waals surface area contributed by atoms with Gasteiger partial charge in [0.1, 0.15) is 6.61 Å². The van der Waals surface area contributed by atoms with Crippen LogP contribution in [0.15, 0.2) is 18.2 Å². The maximum absolute atomic E-state index is 13.2. The van der Waals surface area contributed by atoms with Crippen molar-refractivity contribution in [3.05, 3.63) is 40.7 Å². The van der Waals surface area contributed by atoms with Crippen LogP contribution in [0.2, 0.25) is 0 Å². The maximum atomic E-state index is 13.2. The van der Waals surface area contributed by atoms with Crippen LogP contribution >= 0.6 is 0 Å². The number of nitrogens with zero attached hydrogens (tertiary/aromatic N) is 2. The summed E-state index contributed by atoms with van der Waals surface area (Å²) in [5.74, 6) is 1.32. The Bertz CT molecular complexity index is 832. The largest absolute Gasteiger partial charge is 0.493 e. The first-order valence-electron chi connectivity index (χ1n) is 8.89. The van der Waals surface area contributed by atoms with Gasteiger partial charge in [-0.05, 0) is 19.9 Å². The molecule has 0 radical (unpaired) electrons. The zero-order chi connectivity index (χ0) is 18.3. The van der Waals surface area contributed by atoms with Gasteiger partial charge in [-0.3, -0.25) is 9.89 Å². The molecule has 2 aromatic rings. The zero-order valence-corrected chi connectivity index (χ0v) is 15.2. The lowest BCUT2D eigenvalue weighted by Gasteiger charge is -2.26. The summed E-state index contributed by atoms with van der Waals surface area (Å²) in [6.45, 7) is 5.38. The number of H-pyrrole nitrogens is 1. The lowest BCUT2D eigenvalue weighted by Crippen LogP contribution is -2.34. The molecule has 0 unspecified atom stereocenters. The molecule has 0 fully saturated rings. The van der Waals surface area contributed by atoms with Crippen molar-refractivity contribution in [3.63, 3.8) is 0 Å². The van der Waals surface area contributed by atoms with Crippen LogP contribution in [0.3, 0.4) is 0 Å². The Morgan fingerprint density at radius 2 is 2.23 bits per heavy atom. The minimum absolute atomic E-state index is 0.0686. The fraction of sp³-hybridized carbons (Fsp3) is 0.474. The van der Waals surface area contributed by atoms with Crippen molar-refractivity contribution in [1.29, 1.82) is 0 Å². The number of aromatic amines is 1. The summed E-state index contributed by atoms with van der Waals surface area (Å²) in [6, 6.07) is 5.73. The van der Waals surface area contributed by atoms with E-state index in [1.54, 1.807) is 12.0 Å². The molecule has 26 heavy (non-hydrogen) atoms. The molecule has 0 bridgehead atoms. The number of hydrogen-bond donors (Lipinski definition) is 1. The van der Waals surface area contributed by atoms with Gasteiger partial charge in [-0.15, -0.1) is 0 Å². The molecule has 1 aromatic heterocycles. The van der Waals surface area contributed by atoms with E-state index in [-0.39, 0.29) is 18.1 Å². The number of ether oxygens (including phenoxy) is 3. The van der Waals surface area contributed by atoms with Gasteiger partial charge in [0.2, 0.25) is 0 Å². The molecule has 0 saturated carbocycles. The highest BCUT2D eigenvalue weighted by Gasteiger charge is 2.32. The average Bonchev–Trinajstić information content (AvgIpc) is 2.92. The van der Waals surface area contributed by atoms with Crippen LogP contribution in [0.1, 0.15) is 47.3 Å². The molecule has 7 nitrogen and oxygen atoms in total. The molecule has 0 saturated heterocycles. The molecular formula is C19H23N3O4. The number of rotatable bonds is 2. The molecular weight excluding hydrogens is 334 g/mol. The Labute approximate surface area is 152 Å². The molecule has 2 aliphatic heterocycles. The van der Waals surface area contributed by atoms with E-state index in [2.05, 4.69) is 10.2 Å². The van der Waals surface area contributed by atoms with Crippen LogP contribution in [0.4, 0.5) is 0 Å². The minimum Gasteiger partial charge on any atom is -0.493 e. The molecule has 0 spiro atoms. The van der Waals surface area contributed by atoms with E-state index in [0.717, 1.165) is 16.8 Å². The van der Waals surface area contributed by atoms with Crippen molar-refractivity contribution in [3.8, 4) is 11.5 Å². The SMILES string of the molecule is COc1cccc2c1OCCN(C(=O)c1n[nH]c3c1C[C@H](C)O[C@@H]3C)C2. The van der Waals surface area contributed by atoms with Crippen LogP contribution < -0.4 is 9.47 Å². The Morgan fingerprint density at radius 3 is 3.04 bits per heavy atom. The summed E-state index contributed by atoms with van der Waals surface area (Å²) in [5.41, 5.74) is 3.30.